The molecule has 0 fully saturated rings. The van der Waals surface area contributed by atoms with Gasteiger partial charge < -0.3 is 15.7 Å². The third kappa shape index (κ3) is 2.51. The van der Waals surface area contributed by atoms with Crippen LogP contribution in [0.4, 0.5) is 5.95 Å². The molecule has 0 radical (unpaired) electrons. The van der Waals surface area contributed by atoms with Crippen LogP contribution in [0.3, 0.4) is 0 Å². The molecule has 0 atom stereocenters. The summed E-state index contributed by atoms with van der Waals surface area (Å²) >= 11 is 9.28. The van der Waals surface area contributed by atoms with Gasteiger partial charge in [-0.05, 0) is 13.8 Å². The average Bonchev–Trinajstić information content (AvgIpc) is 2.93. The van der Waals surface area contributed by atoms with Gasteiger partial charge in [0.15, 0.2) is 16.3 Å². The summed E-state index contributed by atoms with van der Waals surface area (Å²) in [6, 6.07) is 0. The van der Waals surface area contributed by atoms with Crippen LogP contribution >= 0.6 is 27.5 Å². The van der Waals surface area contributed by atoms with Gasteiger partial charge in [0, 0.05) is 15.9 Å². The van der Waals surface area contributed by atoms with Crippen molar-refractivity contribution in [2.45, 2.75) is 20.4 Å². The maximum absolute atomic E-state index is 12.5. The van der Waals surface area contributed by atoms with Gasteiger partial charge in [-0.25, -0.2) is 4.68 Å². The van der Waals surface area contributed by atoms with Crippen LogP contribution in [0.25, 0.3) is 11.2 Å². The smallest absolute Gasteiger partial charge is 0.266 e. The van der Waals surface area contributed by atoms with Crippen LogP contribution in [0.1, 0.15) is 16.8 Å². The van der Waals surface area contributed by atoms with E-state index in [1.807, 2.05) is 0 Å². The number of nitrogen functional groups attached to an aromatic ring is 1. The highest BCUT2D eigenvalue weighted by molar-refractivity contribution is 9.10. The minimum absolute atomic E-state index is 0.00504. The van der Waals surface area contributed by atoms with E-state index < -0.39 is 0 Å². The van der Waals surface area contributed by atoms with E-state index in [1.165, 1.54) is 4.68 Å². The van der Waals surface area contributed by atoms with E-state index >= 15 is 0 Å². The summed E-state index contributed by atoms with van der Waals surface area (Å²) in [5, 5.41) is 20.6. The first-order chi connectivity index (χ1) is 11.3. The second kappa shape index (κ2) is 6.02. The molecule has 0 unspecified atom stereocenters. The van der Waals surface area contributed by atoms with Crippen LogP contribution in [0.5, 0.6) is 5.75 Å². The van der Waals surface area contributed by atoms with Crippen LogP contribution in [0.15, 0.2) is 4.60 Å². The van der Waals surface area contributed by atoms with E-state index in [-0.39, 0.29) is 17.6 Å². The molecular weight excluding hydrogens is 402 g/mol. The fourth-order valence-electron chi connectivity index (χ4n) is 2.51. The fourth-order valence-corrected chi connectivity index (χ4v) is 3.11. The lowest BCUT2D eigenvalue weighted by Gasteiger charge is -2.15. The molecule has 24 heavy (non-hydrogen) atoms. The molecule has 3 aromatic rings. The minimum Gasteiger partial charge on any atom is -0.618 e. The predicted octanol–water partition coefficient (Wildman–Crippen LogP) is 1.53. The lowest BCUT2D eigenvalue weighted by atomic mass is 10.1. The first-order valence-electron chi connectivity index (χ1n) is 6.82. The largest absolute Gasteiger partial charge is 0.618 e. The van der Waals surface area contributed by atoms with Gasteiger partial charge in [0.05, 0.1) is 18.2 Å². The Morgan fingerprint density at radius 3 is 2.71 bits per heavy atom. The number of aromatic nitrogens is 6. The quantitative estimate of drug-likeness (QED) is 0.299. The fraction of sp³-hybridized carbons (Fsp3) is 0.308. The second-order valence-corrected chi connectivity index (χ2v) is 6.22. The topological polar surface area (TPSA) is 119 Å². The highest BCUT2D eigenvalue weighted by atomic mass is 79.9. The third-order valence-corrected chi connectivity index (χ3v) is 4.87. The average molecular weight is 415 g/mol. The Morgan fingerprint density at radius 1 is 1.33 bits per heavy atom. The Hall–Kier alpha value is -2.20. The molecule has 11 heteroatoms. The summed E-state index contributed by atoms with van der Waals surface area (Å²) < 4.78 is 8.00. The molecule has 0 aromatic carbocycles. The van der Waals surface area contributed by atoms with Crippen molar-refractivity contribution in [1.82, 2.24) is 25.0 Å². The lowest BCUT2D eigenvalue weighted by molar-refractivity contribution is -0.626. The SMILES string of the molecule is COc1c(C)c(Br)[n+]([O-])c(Cn2nnc3c(Cl)nc(N)nc32)c1C. The molecule has 0 aliphatic carbocycles. The maximum atomic E-state index is 12.5. The maximum Gasteiger partial charge on any atom is 0.266 e. The van der Waals surface area contributed by atoms with E-state index in [2.05, 4.69) is 36.2 Å². The molecule has 3 aromatic heterocycles. The molecule has 0 saturated heterocycles. The van der Waals surface area contributed by atoms with Crippen molar-refractivity contribution in [3.63, 3.8) is 0 Å². The molecule has 0 amide bonds. The van der Waals surface area contributed by atoms with E-state index in [0.29, 0.717) is 38.3 Å². The minimum atomic E-state index is 0.00504. The van der Waals surface area contributed by atoms with E-state index in [9.17, 15) is 5.21 Å². The van der Waals surface area contributed by atoms with Gasteiger partial charge >= 0.3 is 0 Å². The van der Waals surface area contributed by atoms with Gasteiger partial charge in [-0.3, -0.25) is 0 Å². The number of pyridine rings is 1. The Morgan fingerprint density at radius 2 is 2.04 bits per heavy atom. The highest BCUT2D eigenvalue weighted by Crippen LogP contribution is 2.29. The molecule has 3 rings (SSSR count). The zero-order chi connectivity index (χ0) is 17.6. The number of nitrogens with zero attached hydrogens (tertiary/aromatic N) is 6. The predicted molar refractivity (Wildman–Crippen MR) is 90.8 cm³/mol. The van der Waals surface area contributed by atoms with Crippen molar-refractivity contribution in [3.8, 4) is 5.75 Å². The molecule has 0 aliphatic rings. The number of methoxy groups -OCH3 is 1. The van der Waals surface area contributed by atoms with Crippen molar-refractivity contribution in [3.05, 3.63) is 31.8 Å². The number of hydrogen-bond acceptors (Lipinski definition) is 7. The van der Waals surface area contributed by atoms with Crippen molar-refractivity contribution in [2.24, 2.45) is 0 Å². The highest BCUT2D eigenvalue weighted by Gasteiger charge is 2.25. The van der Waals surface area contributed by atoms with Crippen molar-refractivity contribution in [2.75, 3.05) is 12.8 Å². The molecule has 3 heterocycles. The summed E-state index contributed by atoms with van der Waals surface area (Å²) in [4.78, 5) is 7.93. The summed E-state index contributed by atoms with van der Waals surface area (Å²) in [5.41, 5.74) is 8.14. The molecule has 0 spiro atoms. The Kier molecular flexibility index (Phi) is 4.18. The van der Waals surface area contributed by atoms with Gasteiger partial charge in [-0.15, -0.1) is 5.10 Å². The van der Waals surface area contributed by atoms with Gasteiger partial charge in [0.1, 0.15) is 12.3 Å². The Bertz CT molecular complexity index is 960. The van der Waals surface area contributed by atoms with Crippen molar-refractivity contribution >= 4 is 44.6 Å². The van der Waals surface area contributed by atoms with Crippen molar-refractivity contribution in [1.29, 1.82) is 0 Å². The van der Waals surface area contributed by atoms with Crippen LogP contribution < -0.4 is 15.2 Å². The second-order valence-electron chi connectivity index (χ2n) is 5.11. The summed E-state index contributed by atoms with van der Waals surface area (Å²) in [7, 11) is 1.55. The molecule has 2 N–H and O–H groups in total. The van der Waals surface area contributed by atoms with Crippen LogP contribution in [-0.4, -0.2) is 32.1 Å². The number of rotatable bonds is 3. The van der Waals surface area contributed by atoms with Gasteiger partial charge in [0.25, 0.3) is 4.60 Å². The van der Waals surface area contributed by atoms with Gasteiger partial charge in [-0.1, -0.05) is 16.8 Å². The normalized spacial score (nSPS) is 11.2. The molecule has 0 saturated carbocycles. The van der Waals surface area contributed by atoms with Gasteiger partial charge in [0.2, 0.25) is 11.6 Å². The zero-order valence-electron chi connectivity index (χ0n) is 13.0. The van der Waals surface area contributed by atoms with Crippen LogP contribution in [0.2, 0.25) is 5.15 Å². The molecular formula is C13H13BrClN7O2. The Balaban J connectivity index is 2.18. The van der Waals surface area contributed by atoms with Gasteiger partial charge in [-0.2, -0.15) is 14.7 Å². The molecule has 0 bridgehead atoms. The summed E-state index contributed by atoms with van der Waals surface area (Å²) in [6.07, 6.45) is 0. The molecule has 9 nitrogen and oxygen atoms in total. The summed E-state index contributed by atoms with van der Waals surface area (Å²) in [6.45, 7) is 3.72. The lowest BCUT2D eigenvalue weighted by Crippen LogP contribution is -2.37. The van der Waals surface area contributed by atoms with E-state index in [0.717, 1.165) is 4.73 Å². The monoisotopic (exact) mass is 413 g/mol. The third-order valence-electron chi connectivity index (χ3n) is 3.69. The zero-order valence-corrected chi connectivity index (χ0v) is 15.4. The number of halogens is 2. The number of anilines is 1. The Labute approximate surface area is 150 Å². The van der Waals surface area contributed by atoms with Crippen LogP contribution in [0, 0.1) is 19.1 Å². The van der Waals surface area contributed by atoms with Crippen LogP contribution in [-0.2, 0) is 6.54 Å². The first-order valence-corrected chi connectivity index (χ1v) is 7.99. The number of nitrogens with two attached hydrogens (primary N) is 1. The van der Waals surface area contributed by atoms with E-state index in [4.69, 9.17) is 22.1 Å². The number of ether oxygens (including phenoxy) is 1. The first kappa shape index (κ1) is 16.7. The summed E-state index contributed by atoms with van der Waals surface area (Å²) in [5.74, 6) is 0.631. The molecule has 126 valence electrons. The van der Waals surface area contributed by atoms with Crippen molar-refractivity contribution < 1.29 is 9.47 Å². The number of fused-ring (bicyclic) bond motifs is 1. The molecule has 0 aliphatic heterocycles. The number of hydrogen-bond donors (Lipinski definition) is 1. The standard InChI is InChI=1S/C13H13BrClN7O2/c1-5-7(22(23)10(14)6(2)9(5)24-3)4-21-12-8(19-20-21)11(15)17-13(16)18-12/h4H2,1-3H3,(H2,16,17,18). The van der Waals surface area contributed by atoms with E-state index in [1.54, 1.807) is 21.0 Å².